The molecule has 1 heteroatoms. The van der Waals surface area contributed by atoms with Gasteiger partial charge in [-0.05, 0) is 13.3 Å². The quantitative estimate of drug-likeness (QED) is 0.428. The van der Waals surface area contributed by atoms with Gasteiger partial charge in [0, 0.05) is 6.04 Å². The number of hydrogen-bond donors (Lipinski definition) is 1. The van der Waals surface area contributed by atoms with Crippen LogP contribution < -0.4 is 5.73 Å². The molecule has 0 saturated carbocycles. The summed E-state index contributed by atoms with van der Waals surface area (Å²) >= 11 is 0. The van der Waals surface area contributed by atoms with Gasteiger partial charge < -0.3 is 5.73 Å². The van der Waals surface area contributed by atoms with E-state index in [0.29, 0.717) is 6.04 Å². The van der Waals surface area contributed by atoms with Gasteiger partial charge in [0.15, 0.2) is 0 Å². The van der Waals surface area contributed by atoms with Crippen LogP contribution in [0.5, 0.6) is 0 Å². The fourth-order valence-corrected chi connectivity index (χ4v) is 0.490. The van der Waals surface area contributed by atoms with Crippen molar-refractivity contribution in [3.8, 4) is 0 Å². The summed E-state index contributed by atoms with van der Waals surface area (Å²) in [5.74, 6) is 0. The topological polar surface area (TPSA) is 26.0 Å². The average Bonchev–Trinajstić information content (AvgIpc) is 1.61. The van der Waals surface area contributed by atoms with E-state index in [1.54, 1.807) is 0 Å². The van der Waals surface area contributed by atoms with Crippen molar-refractivity contribution in [1.82, 2.24) is 0 Å². The van der Waals surface area contributed by atoms with Gasteiger partial charge in [-0.25, -0.2) is 0 Å². The van der Waals surface area contributed by atoms with Crippen LogP contribution in [0.4, 0.5) is 0 Å². The molecule has 0 fully saturated rings. The number of rotatable bonds is 0. The van der Waals surface area contributed by atoms with Crippen LogP contribution in [0.25, 0.3) is 0 Å². The van der Waals surface area contributed by atoms with E-state index in [4.69, 9.17) is 5.73 Å². The molecule has 1 aliphatic carbocycles. The first-order valence-electron chi connectivity index (χ1n) is 2.23. The lowest BCUT2D eigenvalue weighted by molar-refractivity contribution is 0.710. The zero-order valence-corrected chi connectivity index (χ0v) is 3.94. The highest BCUT2D eigenvalue weighted by molar-refractivity contribution is 5.18. The Morgan fingerprint density at radius 2 is 2.50 bits per heavy atom. The maximum atomic E-state index is 5.45. The third-order valence-corrected chi connectivity index (χ3v) is 1.28. The molecule has 1 atom stereocenters. The second-order valence-corrected chi connectivity index (χ2v) is 1.79. The monoisotopic (exact) mass is 83.1 g/mol. The zero-order valence-electron chi connectivity index (χ0n) is 3.94. The molecule has 1 aliphatic rings. The fourth-order valence-electron chi connectivity index (χ4n) is 0.490. The SMILES string of the molecule is CC1=CCC1N. The first kappa shape index (κ1) is 3.88. The Morgan fingerprint density at radius 3 is 2.50 bits per heavy atom. The van der Waals surface area contributed by atoms with Crippen LogP contribution in [-0.4, -0.2) is 6.04 Å². The Bertz CT molecular complexity index is 83.9. The van der Waals surface area contributed by atoms with E-state index in [1.807, 2.05) is 0 Å². The molecular weight excluding hydrogens is 74.1 g/mol. The van der Waals surface area contributed by atoms with E-state index >= 15 is 0 Å². The van der Waals surface area contributed by atoms with Gasteiger partial charge in [-0.15, -0.1) is 0 Å². The minimum absolute atomic E-state index is 0.394. The van der Waals surface area contributed by atoms with E-state index in [0.717, 1.165) is 6.42 Å². The lowest BCUT2D eigenvalue weighted by Crippen LogP contribution is -2.26. The van der Waals surface area contributed by atoms with Crippen molar-refractivity contribution in [3.63, 3.8) is 0 Å². The van der Waals surface area contributed by atoms with Crippen molar-refractivity contribution in [3.05, 3.63) is 11.6 Å². The summed E-state index contributed by atoms with van der Waals surface area (Å²) < 4.78 is 0. The van der Waals surface area contributed by atoms with Crippen LogP contribution in [-0.2, 0) is 0 Å². The summed E-state index contributed by atoms with van der Waals surface area (Å²) in [6.07, 6.45) is 3.25. The van der Waals surface area contributed by atoms with E-state index in [1.165, 1.54) is 5.57 Å². The smallest absolute Gasteiger partial charge is 0.0285 e. The van der Waals surface area contributed by atoms with Crippen molar-refractivity contribution in [1.29, 1.82) is 0 Å². The standard InChI is InChI=1S/C5H9N/c1-4-2-3-5(4)6/h2,5H,3,6H2,1H3. The van der Waals surface area contributed by atoms with Gasteiger partial charge in [0.2, 0.25) is 0 Å². The fraction of sp³-hybridized carbons (Fsp3) is 0.600. The van der Waals surface area contributed by atoms with Gasteiger partial charge in [0.1, 0.15) is 0 Å². The number of nitrogens with two attached hydrogens (primary N) is 1. The molecule has 0 amide bonds. The van der Waals surface area contributed by atoms with Crippen LogP contribution in [0.2, 0.25) is 0 Å². The highest BCUT2D eigenvalue weighted by atomic mass is 14.6. The molecule has 0 aromatic heterocycles. The van der Waals surface area contributed by atoms with Crippen molar-refractivity contribution in [2.45, 2.75) is 19.4 Å². The highest BCUT2D eigenvalue weighted by Crippen LogP contribution is 2.14. The van der Waals surface area contributed by atoms with Gasteiger partial charge >= 0.3 is 0 Å². The Labute approximate surface area is 37.8 Å². The minimum atomic E-state index is 0.394. The number of hydrogen-bond acceptors (Lipinski definition) is 1. The Balaban J connectivity index is 2.51. The molecule has 0 heterocycles. The third kappa shape index (κ3) is 0.356. The van der Waals surface area contributed by atoms with Crippen molar-refractivity contribution in [2.24, 2.45) is 5.73 Å². The summed E-state index contributed by atoms with van der Waals surface area (Å²) in [5.41, 5.74) is 6.80. The van der Waals surface area contributed by atoms with Crippen LogP contribution in [0, 0.1) is 0 Å². The second-order valence-electron chi connectivity index (χ2n) is 1.79. The first-order chi connectivity index (χ1) is 2.80. The summed E-state index contributed by atoms with van der Waals surface area (Å²) in [5, 5.41) is 0. The van der Waals surface area contributed by atoms with Crippen molar-refractivity contribution >= 4 is 0 Å². The molecule has 1 nitrogen and oxygen atoms in total. The Hall–Kier alpha value is -0.300. The van der Waals surface area contributed by atoms with Crippen LogP contribution >= 0.6 is 0 Å². The molecule has 0 saturated heterocycles. The normalized spacial score (nSPS) is 31.7. The van der Waals surface area contributed by atoms with Gasteiger partial charge in [0.05, 0.1) is 0 Å². The second kappa shape index (κ2) is 1.09. The van der Waals surface area contributed by atoms with Crippen LogP contribution in [0.3, 0.4) is 0 Å². The van der Waals surface area contributed by atoms with Gasteiger partial charge in [0.25, 0.3) is 0 Å². The maximum Gasteiger partial charge on any atom is 0.0285 e. The molecule has 0 aromatic rings. The minimum Gasteiger partial charge on any atom is -0.324 e. The van der Waals surface area contributed by atoms with E-state index in [2.05, 4.69) is 13.0 Å². The highest BCUT2D eigenvalue weighted by Gasteiger charge is 2.09. The van der Waals surface area contributed by atoms with E-state index in [9.17, 15) is 0 Å². The van der Waals surface area contributed by atoms with Crippen molar-refractivity contribution in [2.75, 3.05) is 0 Å². The maximum absolute atomic E-state index is 5.45. The molecule has 1 rings (SSSR count). The molecule has 0 radical (unpaired) electrons. The average molecular weight is 83.1 g/mol. The summed E-state index contributed by atoms with van der Waals surface area (Å²) in [6.45, 7) is 2.06. The molecule has 6 heavy (non-hydrogen) atoms. The van der Waals surface area contributed by atoms with E-state index in [-0.39, 0.29) is 0 Å². The Kier molecular flexibility index (Phi) is 0.701. The predicted octanol–water partition coefficient (Wildman–Crippen LogP) is 0.664. The van der Waals surface area contributed by atoms with Crippen LogP contribution in [0.1, 0.15) is 13.3 Å². The lowest BCUT2D eigenvalue weighted by atomic mass is 9.95. The molecule has 0 bridgehead atoms. The van der Waals surface area contributed by atoms with E-state index < -0.39 is 0 Å². The molecule has 0 aromatic carbocycles. The van der Waals surface area contributed by atoms with Gasteiger partial charge in [-0.3, -0.25) is 0 Å². The van der Waals surface area contributed by atoms with Gasteiger partial charge in [-0.1, -0.05) is 11.6 Å². The molecule has 0 spiro atoms. The van der Waals surface area contributed by atoms with Crippen LogP contribution in [0.15, 0.2) is 11.6 Å². The summed E-state index contributed by atoms with van der Waals surface area (Å²) in [4.78, 5) is 0. The molecule has 2 N–H and O–H groups in total. The summed E-state index contributed by atoms with van der Waals surface area (Å²) in [6, 6.07) is 0.394. The Morgan fingerprint density at radius 1 is 2.00 bits per heavy atom. The zero-order chi connectivity index (χ0) is 4.57. The van der Waals surface area contributed by atoms with Gasteiger partial charge in [-0.2, -0.15) is 0 Å². The lowest BCUT2D eigenvalue weighted by Gasteiger charge is -2.18. The molecular formula is C5H9N. The third-order valence-electron chi connectivity index (χ3n) is 1.28. The van der Waals surface area contributed by atoms with Crippen molar-refractivity contribution < 1.29 is 0 Å². The summed E-state index contributed by atoms with van der Waals surface area (Å²) in [7, 11) is 0. The molecule has 1 unspecified atom stereocenters. The largest absolute Gasteiger partial charge is 0.324 e. The first-order valence-corrected chi connectivity index (χ1v) is 2.23. The molecule has 0 aliphatic heterocycles. The predicted molar refractivity (Wildman–Crippen MR) is 26.3 cm³/mol. The molecule has 34 valence electrons.